The monoisotopic (exact) mass is 1280 g/mol. The molecule has 0 fully saturated rings. The van der Waals surface area contributed by atoms with Gasteiger partial charge in [0.1, 0.15) is 65.4 Å². The van der Waals surface area contributed by atoms with Gasteiger partial charge in [-0.1, -0.05) is 78.8 Å². The number of nitrogens with two attached hydrogens (primary N) is 1. The molecule has 89 heavy (non-hydrogen) atoms. The number of aliphatic hydroxyl groups is 3. The topological polar surface area (TPSA) is 428 Å². The number of hydrogen-bond acceptors (Lipinski definition) is 22. The smallest absolute Gasteiger partial charge is 0.408 e. The lowest BCUT2D eigenvalue weighted by Crippen LogP contribution is -2.50. The Labute approximate surface area is 525 Å². The highest BCUT2D eigenvalue weighted by Gasteiger charge is 2.34. The third-order valence-electron chi connectivity index (χ3n) is 11.1. The second kappa shape index (κ2) is 41.2. The van der Waals surface area contributed by atoms with E-state index < -0.39 is 131 Å². The molecule has 0 aromatic heterocycles. The van der Waals surface area contributed by atoms with Crippen LogP contribution < -0.4 is 27.0 Å². The fourth-order valence-electron chi connectivity index (χ4n) is 5.98. The predicted octanol–water partition coefficient (Wildman–Crippen LogP) is 6.51. The number of carboxylic acid groups (broad SMARTS) is 2. The molecular weight excluding hydrogens is 1170 g/mol. The molecule has 514 valence electrons. The Morgan fingerprint density at radius 1 is 0.438 bits per heavy atom. The Morgan fingerprint density at radius 3 is 1.01 bits per heavy atom. The average molecular weight is 1280 g/mol. The van der Waals surface area contributed by atoms with Gasteiger partial charge in [-0.3, -0.25) is 19.2 Å². The van der Waals surface area contributed by atoms with Gasteiger partial charge in [-0.25, -0.2) is 33.6 Å². The molecule has 28 heteroatoms. The van der Waals surface area contributed by atoms with E-state index >= 15 is 0 Å². The lowest BCUT2D eigenvalue weighted by molar-refractivity contribution is -0.162. The number of benzene rings is 1. The van der Waals surface area contributed by atoms with Crippen molar-refractivity contribution in [1.29, 1.82) is 0 Å². The van der Waals surface area contributed by atoms with E-state index in [1.807, 2.05) is 44.2 Å². The minimum Gasteiger partial charge on any atom is -0.480 e. The fraction of sp³-hybridized carbons (Fsp3) is 0.721. The summed E-state index contributed by atoms with van der Waals surface area (Å²) in [4.78, 5) is 126. The summed E-state index contributed by atoms with van der Waals surface area (Å²) in [5.74, 6) is -5.51. The number of carbonyl (C=O) groups excluding carboxylic acids is 9. The number of aliphatic carboxylic acids is 2. The van der Waals surface area contributed by atoms with Gasteiger partial charge in [-0.15, -0.1) is 0 Å². The normalized spacial score (nSPS) is 15.0. The van der Waals surface area contributed by atoms with Gasteiger partial charge < -0.3 is 85.7 Å². The lowest BCUT2D eigenvalue weighted by Gasteiger charge is -2.27. The van der Waals surface area contributed by atoms with Gasteiger partial charge in [0.25, 0.3) is 0 Å². The summed E-state index contributed by atoms with van der Waals surface area (Å²) in [6.07, 6.45) is -8.03. The molecule has 1 aromatic rings. The van der Waals surface area contributed by atoms with E-state index in [4.69, 9.17) is 54.2 Å². The Morgan fingerprint density at radius 2 is 0.764 bits per heavy atom. The number of Topliss-reactive ketones (excluding diaryl/α,β-unsaturated/α-hetero) is 2. The molecule has 1 aromatic carbocycles. The number of aliphatic hydroxyl groups excluding tert-OH is 3. The maximum Gasteiger partial charge on any atom is 0.408 e. The van der Waals surface area contributed by atoms with Crippen LogP contribution in [0.1, 0.15) is 179 Å². The van der Waals surface area contributed by atoms with E-state index in [2.05, 4.69) is 21.3 Å². The summed E-state index contributed by atoms with van der Waals surface area (Å²) in [5, 5.41) is 54.1. The zero-order valence-corrected chi connectivity index (χ0v) is 56.8. The predicted molar refractivity (Wildman–Crippen MR) is 328 cm³/mol. The molecule has 28 nitrogen and oxygen atoms in total. The zero-order valence-electron chi connectivity index (χ0n) is 56.8. The van der Waals surface area contributed by atoms with Gasteiger partial charge in [0, 0.05) is 0 Å². The van der Waals surface area contributed by atoms with E-state index in [0.29, 0.717) is 0 Å². The number of rotatable bonds is 22. The highest BCUT2D eigenvalue weighted by atomic mass is 16.6. The first-order valence-corrected chi connectivity index (χ1v) is 28.9. The molecular formula is C61H107N5O23. The number of esters is 3. The molecule has 0 spiro atoms. The van der Waals surface area contributed by atoms with Crippen LogP contribution in [0.4, 0.5) is 19.2 Å². The van der Waals surface area contributed by atoms with Gasteiger partial charge in [0.15, 0.2) is 23.7 Å². The van der Waals surface area contributed by atoms with E-state index in [1.165, 1.54) is 34.6 Å². The van der Waals surface area contributed by atoms with Crippen LogP contribution in [0.3, 0.4) is 0 Å². The summed E-state index contributed by atoms with van der Waals surface area (Å²) in [5.41, 5.74) is 3.03. The highest BCUT2D eigenvalue weighted by molar-refractivity contribution is 5.88. The molecule has 0 saturated heterocycles. The van der Waals surface area contributed by atoms with Crippen molar-refractivity contribution in [3.63, 3.8) is 0 Å². The number of carboxylic acids is 2. The number of nitrogens with one attached hydrogen (secondary N) is 4. The molecule has 0 bridgehead atoms. The third-order valence-corrected chi connectivity index (χ3v) is 11.1. The van der Waals surface area contributed by atoms with E-state index in [0.717, 1.165) is 5.56 Å². The number of ether oxygens (including phenoxy) is 7. The minimum absolute atomic E-state index is 0.0683. The maximum atomic E-state index is 12.0. The van der Waals surface area contributed by atoms with Gasteiger partial charge in [-0.2, -0.15) is 0 Å². The Bertz CT molecular complexity index is 2290. The zero-order chi connectivity index (χ0) is 71.0. The first-order valence-electron chi connectivity index (χ1n) is 28.9. The Balaban J connectivity index is -0.000000523. The van der Waals surface area contributed by atoms with Crippen LogP contribution in [-0.4, -0.2) is 174 Å². The second-order valence-electron chi connectivity index (χ2n) is 25.7. The fourth-order valence-corrected chi connectivity index (χ4v) is 5.98. The molecule has 11 N–H and O–H groups in total. The van der Waals surface area contributed by atoms with Crippen molar-refractivity contribution >= 4 is 65.8 Å². The van der Waals surface area contributed by atoms with Crippen LogP contribution in [-0.2, 0) is 73.3 Å². The number of amides is 4. The minimum atomic E-state index is -1.28. The van der Waals surface area contributed by atoms with Crippen molar-refractivity contribution in [2.24, 2.45) is 29.4 Å². The number of hydrogen-bond donors (Lipinski definition) is 10. The summed E-state index contributed by atoms with van der Waals surface area (Å²) in [6, 6.07) is 3.90. The van der Waals surface area contributed by atoms with Crippen LogP contribution in [0, 0.1) is 23.7 Å². The molecule has 0 aliphatic heterocycles. The number of carbonyl (C=O) groups is 11. The molecule has 0 heterocycles. The van der Waals surface area contributed by atoms with Crippen LogP contribution in [0.25, 0.3) is 0 Å². The van der Waals surface area contributed by atoms with Gasteiger partial charge in [-0.05, 0) is 148 Å². The molecule has 0 unspecified atom stereocenters. The molecule has 0 saturated carbocycles. The van der Waals surface area contributed by atoms with Crippen molar-refractivity contribution in [2.75, 3.05) is 0 Å². The quantitative estimate of drug-likeness (QED) is 0.0436. The number of ketones is 2. The number of alkyl carbamates (subject to hydrolysis) is 4. The highest BCUT2D eigenvalue weighted by Crippen LogP contribution is 2.16. The second-order valence-corrected chi connectivity index (χ2v) is 25.7. The van der Waals surface area contributed by atoms with E-state index in [9.17, 15) is 63.0 Å². The van der Waals surface area contributed by atoms with E-state index in [-0.39, 0.29) is 47.8 Å². The van der Waals surface area contributed by atoms with Crippen LogP contribution in [0.2, 0.25) is 0 Å². The third kappa shape index (κ3) is 44.8. The van der Waals surface area contributed by atoms with Crippen LogP contribution in [0.15, 0.2) is 30.3 Å². The van der Waals surface area contributed by atoms with Crippen molar-refractivity contribution in [2.45, 2.75) is 263 Å². The summed E-state index contributed by atoms with van der Waals surface area (Å²) >= 11 is 0. The summed E-state index contributed by atoms with van der Waals surface area (Å²) < 4.78 is 35.7. The average Bonchev–Trinajstić information content (AvgIpc) is 3.58. The maximum absolute atomic E-state index is 12.0. The largest absolute Gasteiger partial charge is 0.480 e. The first-order chi connectivity index (χ1) is 40.1. The van der Waals surface area contributed by atoms with Crippen LogP contribution >= 0.6 is 0 Å². The van der Waals surface area contributed by atoms with Crippen molar-refractivity contribution in [3.05, 3.63) is 35.9 Å². The molecule has 0 aliphatic carbocycles. The Kier molecular flexibility index (Phi) is 40.8. The van der Waals surface area contributed by atoms with Gasteiger partial charge >= 0.3 is 54.2 Å². The molecule has 0 radical (unpaired) electrons. The van der Waals surface area contributed by atoms with Crippen molar-refractivity contribution in [3.8, 4) is 0 Å². The van der Waals surface area contributed by atoms with Crippen molar-refractivity contribution < 1.29 is 111 Å². The molecule has 4 amide bonds. The van der Waals surface area contributed by atoms with E-state index in [1.54, 1.807) is 125 Å². The summed E-state index contributed by atoms with van der Waals surface area (Å²) in [6.45, 7) is 41.3. The molecule has 11 atom stereocenters. The SMILES string of the molecule is CC(=O)[C@@H](NC(=O)OC(C)(C)C)[C@@H](C)OC(=O)[C@@H](C)C(C)C.CC(=O)[C@@H](NC(=O)OC(C)(C)C)[C@@H](C)OC(=O)[C@@H](O)C(C)C.CC(C)[C@H](NC(=O)OC(C)(C)C)C(=O)O.C[C@@H](O)[C@H](N)C(=O)O.C[C@@H](O)[C@H](NC(=O)OC(C)(C)C)C(=O)OCc1ccccc1. The Hall–Kier alpha value is -7.17. The van der Waals surface area contributed by atoms with Crippen LogP contribution in [0.5, 0.6) is 0 Å². The van der Waals surface area contributed by atoms with Gasteiger partial charge in [0.05, 0.1) is 18.1 Å². The van der Waals surface area contributed by atoms with Gasteiger partial charge in [0.2, 0.25) is 0 Å². The molecule has 0 aliphatic rings. The summed E-state index contributed by atoms with van der Waals surface area (Å²) in [7, 11) is 0. The van der Waals surface area contributed by atoms with Crippen molar-refractivity contribution in [1.82, 2.24) is 21.3 Å². The standard InChI is InChI=1S/C16H23NO5.C16H29NO5.C15H27NO6.C10H19NO4.C4H9NO3/c1-11(18)13(17-15(20)22-16(2,3)4)14(19)21-10-12-8-6-5-7-9-12;1-9(2)10(3)14(19)21-12(5)13(11(4)18)17-15(20)22-16(6,7)8;1-8(2)12(18)13(19)21-10(4)11(9(3)17)16-14(20)22-15(5,6)7;1-6(2)7(8(12)13)11-9(14)15-10(3,4)5;1-2(6)3(5)4(7)8/h5-9,11,13,18H,10H2,1-4H3,(H,17,20);9-10,12-13H,1-8H3,(H,17,20);8,10-12,18H,1-7H3,(H,16,20);6-7H,1-5H3,(H,11,14)(H,12,13);2-3,6H,5H2,1H3,(H,7,8)/t11-,13+;10-,12+,13+;10-,11-,12+;7-;2-,3+/m10101/s1. The lowest BCUT2D eigenvalue weighted by atomic mass is 9.98. The first kappa shape index (κ1) is 88.3. The molecule has 1 rings (SSSR count).